The van der Waals surface area contributed by atoms with Crippen molar-refractivity contribution < 1.29 is 14.7 Å². The van der Waals surface area contributed by atoms with Crippen molar-refractivity contribution in [2.75, 3.05) is 0 Å². The first kappa shape index (κ1) is 16.0. The van der Waals surface area contributed by atoms with Gasteiger partial charge in [0.1, 0.15) is 6.04 Å². The monoisotopic (exact) mass is 303 g/mol. The Morgan fingerprint density at radius 3 is 2.64 bits per heavy atom. The van der Waals surface area contributed by atoms with Crippen LogP contribution in [-0.4, -0.2) is 34.1 Å². The molecular formula is C16H21N3O3. The number of carbonyl (C=O) groups excluding carboxylic acids is 1. The van der Waals surface area contributed by atoms with Gasteiger partial charge in [-0.3, -0.25) is 4.79 Å². The largest absolute Gasteiger partial charge is 0.480 e. The summed E-state index contributed by atoms with van der Waals surface area (Å²) in [6.07, 6.45) is 1.98. The van der Waals surface area contributed by atoms with Crippen molar-refractivity contribution in [1.82, 2.24) is 10.3 Å². The lowest BCUT2D eigenvalue weighted by atomic mass is 10.0. The summed E-state index contributed by atoms with van der Waals surface area (Å²) in [5.74, 6) is -1.57. The number of aromatic amines is 1. The second kappa shape index (κ2) is 6.62. The fraction of sp³-hybridized carbons (Fsp3) is 0.375. The molecule has 0 spiro atoms. The van der Waals surface area contributed by atoms with E-state index < -0.39 is 24.0 Å². The van der Waals surface area contributed by atoms with Gasteiger partial charge < -0.3 is 21.1 Å². The van der Waals surface area contributed by atoms with E-state index in [9.17, 15) is 14.7 Å². The molecule has 0 saturated carbocycles. The molecule has 6 heteroatoms. The second-order valence-electron chi connectivity index (χ2n) is 5.73. The Hall–Kier alpha value is -2.34. The number of nitrogens with two attached hydrogens (primary N) is 1. The number of benzene rings is 1. The molecule has 0 fully saturated rings. The third-order valence-corrected chi connectivity index (χ3v) is 3.73. The van der Waals surface area contributed by atoms with E-state index >= 15 is 0 Å². The molecule has 0 aliphatic rings. The van der Waals surface area contributed by atoms with E-state index in [0.29, 0.717) is 0 Å². The van der Waals surface area contributed by atoms with E-state index in [2.05, 4.69) is 10.3 Å². The van der Waals surface area contributed by atoms with Crippen LogP contribution in [0.4, 0.5) is 0 Å². The van der Waals surface area contributed by atoms with Crippen molar-refractivity contribution in [1.29, 1.82) is 0 Å². The maximum absolute atomic E-state index is 12.0. The van der Waals surface area contributed by atoms with Crippen LogP contribution in [-0.2, 0) is 16.0 Å². The number of para-hydroxylation sites is 1. The van der Waals surface area contributed by atoms with Crippen molar-refractivity contribution in [3.63, 3.8) is 0 Å². The SMILES string of the molecule is CC(C)[C@H](N)C(=O)NC(Cc1c[nH]c2ccccc12)C(=O)O. The Morgan fingerprint density at radius 1 is 1.32 bits per heavy atom. The Bertz CT molecular complexity index is 678. The first-order valence-corrected chi connectivity index (χ1v) is 7.24. The highest BCUT2D eigenvalue weighted by atomic mass is 16.4. The van der Waals surface area contributed by atoms with Gasteiger partial charge in [0.05, 0.1) is 6.04 Å². The lowest BCUT2D eigenvalue weighted by molar-refractivity contribution is -0.142. The Kier molecular flexibility index (Phi) is 4.82. The van der Waals surface area contributed by atoms with Gasteiger partial charge in [0, 0.05) is 23.5 Å². The van der Waals surface area contributed by atoms with Crippen LogP contribution in [0.3, 0.4) is 0 Å². The highest BCUT2D eigenvalue weighted by Gasteiger charge is 2.25. The molecule has 1 unspecified atom stereocenters. The smallest absolute Gasteiger partial charge is 0.326 e. The van der Waals surface area contributed by atoms with Gasteiger partial charge in [-0.2, -0.15) is 0 Å². The summed E-state index contributed by atoms with van der Waals surface area (Å²) >= 11 is 0. The summed E-state index contributed by atoms with van der Waals surface area (Å²) in [7, 11) is 0. The van der Waals surface area contributed by atoms with Crippen molar-refractivity contribution in [3.8, 4) is 0 Å². The third-order valence-electron chi connectivity index (χ3n) is 3.73. The predicted octanol–water partition coefficient (Wildman–Crippen LogP) is 1.26. The lowest BCUT2D eigenvalue weighted by Gasteiger charge is -2.19. The number of hydrogen-bond donors (Lipinski definition) is 4. The minimum Gasteiger partial charge on any atom is -0.480 e. The zero-order valence-corrected chi connectivity index (χ0v) is 12.7. The van der Waals surface area contributed by atoms with E-state index in [1.165, 1.54) is 0 Å². The molecule has 6 nitrogen and oxygen atoms in total. The molecule has 5 N–H and O–H groups in total. The van der Waals surface area contributed by atoms with E-state index in [-0.39, 0.29) is 12.3 Å². The highest BCUT2D eigenvalue weighted by molar-refractivity contribution is 5.88. The van der Waals surface area contributed by atoms with Crippen LogP contribution < -0.4 is 11.1 Å². The summed E-state index contributed by atoms with van der Waals surface area (Å²) < 4.78 is 0. The van der Waals surface area contributed by atoms with Crippen LogP contribution in [0, 0.1) is 5.92 Å². The molecule has 2 atom stereocenters. The molecule has 0 radical (unpaired) electrons. The predicted molar refractivity (Wildman–Crippen MR) is 84.4 cm³/mol. The van der Waals surface area contributed by atoms with E-state index in [4.69, 9.17) is 5.73 Å². The average molecular weight is 303 g/mol. The van der Waals surface area contributed by atoms with Crippen LogP contribution in [0.5, 0.6) is 0 Å². The number of H-pyrrole nitrogens is 1. The molecule has 1 aromatic heterocycles. The normalized spacial score (nSPS) is 14.0. The molecule has 2 rings (SSSR count). The summed E-state index contributed by atoms with van der Waals surface area (Å²) in [5, 5.41) is 12.8. The van der Waals surface area contributed by atoms with Crippen molar-refractivity contribution in [2.24, 2.45) is 11.7 Å². The summed E-state index contributed by atoms with van der Waals surface area (Å²) in [4.78, 5) is 26.5. The van der Waals surface area contributed by atoms with Gasteiger partial charge in [-0.05, 0) is 17.5 Å². The van der Waals surface area contributed by atoms with Gasteiger partial charge >= 0.3 is 5.97 Å². The van der Waals surface area contributed by atoms with Crippen molar-refractivity contribution in [2.45, 2.75) is 32.4 Å². The molecule has 22 heavy (non-hydrogen) atoms. The second-order valence-corrected chi connectivity index (χ2v) is 5.73. The summed E-state index contributed by atoms with van der Waals surface area (Å²) in [6.45, 7) is 3.64. The van der Waals surface area contributed by atoms with Gasteiger partial charge in [0.2, 0.25) is 5.91 Å². The molecule has 0 aliphatic heterocycles. The van der Waals surface area contributed by atoms with Crippen LogP contribution >= 0.6 is 0 Å². The molecule has 0 bridgehead atoms. The fourth-order valence-corrected chi connectivity index (χ4v) is 2.29. The molecule has 0 saturated heterocycles. The van der Waals surface area contributed by atoms with E-state index in [1.807, 2.05) is 38.1 Å². The van der Waals surface area contributed by atoms with Crippen LogP contribution in [0.1, 0.15) is 19.4 Å². The lowest BCUT2D eigenvalue weighted by Crippen LogP contribution is -2.51. The number of fused-ring (bicyclic) bond motifs is 1. The Morgan fingerprint density at radius 2 is 2.00 bits per heavy atom. The first-order chi connectivity index (χ1) is 10.4. The number of carboxylic acids is 1. The molecule has 2 aromatic rings. The number of nitrogens with one attached hydrogen (secondary N) is 2. The average Bonchev–Trinajstić information content (AvgIpc) is 2.88. The maximum Gasteiger partial charge on any atom is 0.326 e. The maximum atomic E-state index is 12.0. The van der Waals surface area contributed by atoms with Crippen molar-refractivity contribution in [3.05, 3.63) is 36.0 Å². The van der Waals surface area contributed by atoms with Gasteiger partial charge in [-0.25, -0.2) is 4.79 Å². The minimum atomic E-state index is -1.07. The van der Waals surface area contributed by atoms with Crippen molar-refractivity contribution >= 4 is 22.8 Å². The standard InChI is InChI=1S/C16H21N3O3/c1-9(2)14(17)15(20)19-13(16(21)22)7-10-8-18-12-6-4-3-5-11(10)12/h3-6,8-9,13-14,18H,7,17H2,1-2H3,(H,19,20)(H,21,22)/t13?,14-/m0/s1. The quantitative estimate of drug-likeness (QED) is 0.644. The topological polar surface area (TPSA) is 108 Å². The third kappa shape index (κ3) is 3.46. The number of carboxylic acid groups (broad SMARTS) is 1. The molecule has 1 aromatic carbocycles. The zero-order chi connectivity index (χ0) is 16.3. The summed E-state index contributed by atoms with van der Waals surface area (Å²) in [6, 6.07) is 5.91. The first-order valence-electron chi connectivity index (χ1n) is 7.24. The zero-order valence-electron chi connectivity index (χ0n) is 12.7. The number of rotatable bonds is 6. The number of hydrogen-bond acceptors (Lipinski definition) is 3. The molecular weight excluding hydrogens is 282 g/mol. The fourth-order valence-electron chi connectivity index (χ4n) is 2.29. The van der Waals surface area contributed by atoms with Crippen LogP contribution in [0.25, 0.3) is 10.9 Å². The minimum absolute atomic E-state index is 0.0532. The Labute approximate surface area is 128 Å². The summed E-state index contributed by atoms with van der Waals surface area (Å²) in [5.41, 5.74) is 7.55. The number of aliphatic carboxylic acids is 1. The molecule has 1 amide bonds. The van der Waals surface area contributed by atoms with Gasteiger partial charge in [0.15, 0.2) is 0 Å². The van der Waals surface area contributed by atoms with Gasteiger partial charge in [-0.1, -0.05) is 32.0 Å². The molecule has 118 valence electrons. The number of amides is 1. The number of carbonyl (C=O) groups is 2. The van der Waals surface area contributed by atoms with Crippen LogP contribution in [0.2, 0.25) is 0 Å². The van der Waals surface area contributed by atoms with Crippen LogP contribution in [0.15, 0.2) is 30.5 Å². The van der Waals surface area contributed by atoms with Gasteiger partial charge in [0.25, 0.3) is 0 Å². The number of aromatic nitrogens is 1. The highest BCUT2D eigenvalue weighted by Crippen LogP contribution is 2.19. The Balaban J connectivity index is 2.16. The molecule has 1 heterocycles. The van der Waals surface area contributed by atoms with Gasteiger partial charge in [-0.15, -0.1) is 0 Å². The van der Waals surface area contributed by atoms with E-state index in [0.717, 1.165) is 16.5 Å². The molecule has 0 aliphatic carbocycles. The van der Waals surface area contributed by atoms with E-state index in [1.54, 1.807) is 6.20 Å².